The molecule has 0 aromatic heterocycles. The third-order valence-corrected chi connectivity index (χ3v) is 3.67. The van der Waals surface area contributed by atoms with Crippen LogP contribution in [0, 0.1) is 0 Å². The molecule has 0 heterocycles. The Bertz CT molecular complexity index is 321. The van der Waals surface area contributed by atoms with Crippen LogP contribution in [-0.2, 0) is 27.9 Å². The Labute approximate surface area is 89.8 Å². The van der Waals surface area contributed by atoms with Crippen LogP contribution >= 0.6 is 7.75 Å². The first kappa shape index (κ1) is 15.0. The van der Waals surface area contributed by atoms with Crippen molar-refractivity contribution in [3.8, 4) is 0 Å². The highest BCUT2D eigenvalue weighted by atomic mass is 32.2. The van der Waals surface area contributed by atoms with Crippen LogP contribution in [0.1, 0.15) is 6.92 Å². The summed E-state index contributed by atoms with van der Waals surface area (Å²) in [6.07, 6.45) is 0.936. The maximum atomic E-state index is 11.5. The Morgan fingerprint density at radius 1 is 1.33 bits per heavy atom. The molecule has 0 bridgehead atoms. The second-order valence-corrected chi connectivity index (χ2v) is 6.51. The molecule has 9 heteroatoms. The van der Waals surface area contributed by atoms with Crippen molar-refractivity contribution in [3.05, 3.63) is 0 Å². The minimum absolute atomic E-state index is 0.143. The molecule has 1 N–H and O–H groups in total. The summed E-state index contributed by atoms with van der Waals surface area (Å²) >= 11 is 0. The Kier molecular flexibility index (Phi) is 5.94. The van der Waals surface area contributed by atoms with Gasteiger partial charge in [-0.3, -0.25) is 4.18 Å². The minimum Gasteiger partial charge on any atom is -0.300 e. The van der Waals surface area contributed by atoms with Gasteiger partial charge < -0.3 is 9.05 Å². The molecular formula is C6H16NO6PS. The average molecular weight is 261 g/mol. The first-order chi connectivity index (χ1) is 6.72. The highest BCUT2D eigenvalue weighted by molar-refractivity contribution is 7.85. The minimum atomic E-state index is -3.50. The molecule has 0 aliphatic heterocycles. The molecule has 92 valence electrons. The summed E-state index contributed by atoms with van der Waals surface area (Å²) in [6.45, 7) is 1.45. The summed E-state index contributed by atoms with van der Waals surface area (Å²) in [5.41, 5.74) is 0. The number of nitrogens with one attached hydrogen (secondary N) is 1. The van der Waals surface area contributed by atoms with Crippen molar-refractivity contribution in [1.82, 2.24) is 5.09 Å². The summed E-state index contributed by atoms with van der Waals surface area (Å²) in [7, 11) is -4.40. The van der Waals surface area contributed by atoms with Gasteiger partial charge in [0, 0.05) is 20.3 Å². The molecule has 0 amide bonds. The van der Waals surface area contributed by atoms with E-state index in [1.54, 1.807) is 6.92 Å². The number of hydrogen-bond donors (Lipinski definition) is 1. The highest BCUT2D eigenvalue weighted by Gasteiger charge is 2.24. The van der Waals surface area contributed by atoms with E-state index in [0.29, 0.717) is 0 Å². The second kappa shape index (κ2) is 5.93. The molecule has 0 fully saturated rings. The molecule has 0 rings (SSSR count). The van der Waals surface area contributed by atoms with Crippen molar-refractivity contribution in [3.63, 3.8) is 0 Å². The zero-order valence-corrected chi connectivity index (χ0v) is 10.8. The largest absolute Gasteiger partial charge is 0.405 e. The Morgan fingerprint density at radius 3 is 2.13 bits per heavy atom. The quantitative estimate of drug-likeness (QED) is 0.522. The molecule has 0 aliphatic carbocycles. The van der Waals surface area contributed by atoms with Gasteiger partial charge in [0.15, 0.2) is 0 Å². The average Bonchev–Trinajstić information content (AvgIpc) is 2.13. The lowest BCUT2D eigenvalue weighted by molar-refractivity contribution is 0.241. The monoisotopic (exact) mass is 261 g/mol. The first-order valence-corrected chi connectivity index (χ1v) is 7.42. The maximum absolute atomic E-state index is 11.5. The SMILES string of the molecule is COP(=O)(N[C@H](C)COS(C)(=O)=O)OC. The van der Waals surface area contributed by atoms with Crippen LogP contribution in [0.3, 0.4) is 0 Å². The molecule has 15 heavy (non-hydrogen) atoms. The Balaban J connectivity index is 4.15. The summed E-state index contributed by atoms with van der Waals surface area (Å²) < 4.78 is 46.6. The van der Waals surface area contributed by atoms with Crippen LogP contribution in [0.5, 0.6) is 0 Å². The molecule has 0 saturated heterocycles. The fourth-order valence-corrected chi connectivity index (χ4v) is 2.14. The molecule has 0 unspecified atom stereocenters. The molecule has 0 radical (unpaired) electrons. The van der Waals surface area contributed by atoms with Gasteiger partial charge in [0.1, 0.15) is 0 Å². The van der Waals surface area contributed by atoms with E-state index < -0.39 is 23.9 Å². The fourth-order valence-electron chi connectivity index (χ4n) is 0.713. The van der Waals surface area contributed by atoms with Gasteiger partial charge in [-0.2, -0.15) is 8.42 Å². The van der Waals surface area contributed by atoms with Crippen molar-refractivity contribution < 1.29 is 26.2 Å². The maximum Gasteiger partial charge on any atom is 0.405 e. The second-order valence-electron chi connectivity index (χ2n) is 2.88. The normalized spacial score (nSPS) is 15.2. The van der Waals surface area contributed by atoms with Crippen molar-refractivity contribution in [2.24, 2.45) is 0 Å². The highest BCUT2D eigenvalue weighted by Crippen LogP contribution is 2.41. The van der Waals surface area contributed by atoms with Crippen molar-refractivity contribution in [2.45, 2.75) is 13.0 Å². The van der Waals surface area contributed by atoms with E-state index >= 15 is 0 Å². The van der Waals surface area contributed by atoms with E-state index in [9.17, 15) is 13.0 Å². The zero-order valence-electron chi connectivity index (χ0n) is 9.09. The van der Waals surface area contributed by atoms with Crippen LogP contribution in [0.15, 0.2) is 0 Å². The van der Waals surface area contributed by atoms with Crippen molar-refractivity contribution >= 4 is 17.9 Å². The Hall–Kier alpha value is 0.0200. The van der Waals surface area contributed by atoms with E-state index in [0.717, 1.165) is 6.26 Å². The summed E-state index contributed by atoms with van der Waals surface area (Å²) in [5, 5.41) is 2.49. The lowest BCUT2D eigenvalue weighted by atomic mass is 10.4. The van der Waals surface area contributed by atoms with Crippen LogP contribution in [0.2, 0.25) is 0 Å². The van der Waals surface area contributed by atoms with Gasteiger partial charge in [-0.15, -0.1) is 0 Å². The van der Waals surface area contributed by atoms with Gasteiger partial charge in [-0.1, -0.05) is 0 Å². The lowest BCUT2D eigenvalue weighted by Crippen LogP contribution is -2.30. The zero-order chi connectivity index (χ0) is 12.1. The smallest absolute Gasteiger partial charge is 0.300 e. The van der Waals surface area contributed by atoms with Crippen LogP contribution in [0.25, 0.3) is 0 Å². The topological polar surface area (TPSA) is 90.9 Å². The van der Waals surface area contributed by atoms with E-state index in [2.05, 4.69) is 18.3 Å². The molecule has 0 spiro atoms. The van der Waals surface area contributed by atoms with Crippen LogP contribution in [-0.4, -0.2) is 41.5 Å². The van der Waals surface area contributed by atoms with Gasteiger partial charge in [0.05, 0.1) is 12.9 Å². The van der Waals surface area contributed by atoms with Gasteiger partial charge in [-0.05, 0) is 6.92 Å². The standard InChI is InChI=1S/C6H16NO6PS/c1-6(5-13-15(4,9)10)7-14(8,11-2)12-3/h6H,5H2,1-4H3,(H,7,8)/t6-/m1/s1. The van der Waals surface area contributed by atoms with E-state index in [4.69, 9.17) is 0 Å². The fraction of sp³-hybridized carbons (Fsp3) is 1.00. The number of rotatable bonds is 7. The molecule has 0 aliphatic rings. The van der Waals surface area contributed by atoms with E-state index in [1.165, 1.54) is 14.2 Å². The molecule has 0 aromatic rings. The van der Waals surface area contributed by atoms with Crippen LogP contribution < -0.4 is 5.09 Å². The Morgan fingerprint density at radius 2 is 1.80 bits per heavy atom. The lowest BCUT2D eigenvalue weighted by Gasteiger charge is -2.19. The predicted molar refractivity (Wildman–Crippen MR) is 55.0 cm³/mol. The van der Waals surface area contributed by atoms with E-state index in [1.807, 2.05) is 0 Å². The van der Waals surface area contributed by atoms with Gasteiger partial charge in [0.25, 0.3) is 10.1 Å². The molecule has 0 aromatic carbocycles. The van der Waals surface area contributed by atoms with Gasteiger partial charge in [-0.25, -0.2) is 9.65 Å². The predicted octanol–water partition coefficient (Wildman–Crippen LogP) is 0.342. The first-order valence-electron chi connectivity index (χ1n) is 4.06. The van der Waals surface area contributed by atoms with Crippen LogP contribution in [0.4, 0.5) is 0 Å². The number of hydrogen-bond acceptors (Lipinski definition) is 6. The molecule has 7 nitrogen and oxygen atoms in total. The summed E-state index contributed by atoms with van der Waals surface area (Å²) in [6, 6.07) is -0.481. The summed E-state index contributed by atoms with van der Waals surface area (Å²) in [5.74, 6) is 0. The molecule has 0 saturated carbocycles. The molecular weight excluding hydrogens is 245 g/mol. The molecule has 1 atom stereocenters. The third kappa shape index (κ3) is 6.99. The van der Waals surface area contributed by atoms with Gasteiger partial charge in [0.2, 0.25) is 0 Å². The van der Waals surface area contributed by atoms with E-state index in [-0.39, 0.29) is 6.61 Å². The van der Waals surface area contributed by atoms with Crippen molar-refractivity contribution in [2.75, 3.05) is 27.1 Å². The third-order valence-electron chi connectivity index (χ3n) is 1.39. The van der Waals surface area contributed by atoms with Gasteiger partial charge >= 0.3 is 7.75 Å². The van der Waals surface area contributed by atoms with Crippen molar-refractivity contribution in [1.29, 1.82) is 0 Å². The summed E-state index contributed by atoms with van der Waals surface area (Å²) in [4.78, 5) is 0.